The van der Waals surface area contributed by atoms with Crippen LogP contribution < -0.4 is 18.9 Å². The van der Waals surface area contributed by atoms with Crippen LogP contribution in [0, 0.1) is 0 Å². The van der Waals surface area contributed by atoms with Gasteiger partial charge >= 0.3 is 34.0 Å². The largest absolute Gasteiger partial charge is 1.00 e. The van der Waals surface area contributed by atoms with Crippen molar-refractivity contribution < 1.29 is 31.7 Å². The van der Waals surface area contributed by atoms with Crippen molar-refractivity contribution in [3.63, 3.8) is 0 Å². The monoisotopic (exact) mass is 255 g/mol. The van der Waals surface area contributed by atoms with E-state index in [2.05, 4.69) is 0 Å². The molecule has 0 rings (SSSR count). The van der Waals surface area contributed by atoms with Crippen LogP contribution in [0.1, 0.15) is 63.7 Å². The van der Waals surface area contributed by atoms with Gasteiger partial charge in [-0.25, -0.2) is 0 Å². The quantitative estimate of drug-likeness (QED) is 0.689. The van der Waals surface area contributed by atoms with E-state index in [9.17, 15) is 0 Å². The van der Waals surface area contributed by atoms with Gasteiger partial charge in [-0.15, -0.1) is 0 Å². The molecule has 0 spiro atoms. The maximum absolute atomic E-state index is 5.88. The molecule has 0 unspecified atom stereocenters. The summed E-state index contributed by atoms with van der Waals surface area (Å²) in [5, 5.41) is 0. The first-order valence-electron chi connectivity index (χ1n) is 5.82. The first-order valence-corrected chi connectivity index (χ1v) is 7.23. The Balaban J connectivity index is -0.00000112. The Bertz CT molecular complexity index is 181. The predicted molar refractivity (Wildman–Crippen MR) is 69.4 cm³/mol. The van der Waals surface area contributed by atoms with Gasteiger partial charge in [0.25, 0.3) is 0 Å². The Morgan fingerprint density at radius 2 is 0.765 bits per heavy atom. The Hall–Kier alpha value is 1.01. The second kappa shape index (κ2) is 6.97. The molecule has 0 saturated heterocycles. The molecule has 0 amide bonds. The molecule has 0 N–H and O–H groups in total. The molecule has 3 nitrogen and oxygen atoms in total. The van der Waals surface area contributed by atoms with Crippen molar-refractivity contribution in [2.24, 2.45) is 0 Å². The summed E-state index contributed by atoms with van der Waals surface area (Å²) >= 11 is -2.11. The maximum atomic E-state index is 5.88. The van der Waals surface area contributed by atoms with Gasteiger partial charge in [0, 0.05) is 16.8 Å². The summed E-state index contributed by atoms with van der Waals surface area (Å²) in [7, 11) is 0. The third-order valence-corrected chi connectivity index (χ3v) is 4.05. The molecule has 5 heteroatoms. The van der Waals surface area contributed by atoms with Crippen LogP contribution in [0.2, 0.25) is 0 Å². The normalized spacial score (nSPS) is 13.2. The van der Waals surface area contributed by atoms with E-state index in [0.717, 1.165) is 0 Å². The van der Waals surface area contributed by atoms with Gasteiger partial charge in [-0.3, -0.25) is 0 Å². The van der Waals surface area contributed by atoms with E-state index in [1.165, 1.54) is 0 Å². The molecule has 0 fully saturated rings. The average Bonchev–Trinajstić information content (AvgIpc) is 1.70. The zero-order valence-corrected chi connectivity index (χ0v) is 14.5. The van der Waals surface area contributed by atoms with E-state index in [4.69, 9.17) is 11.4 Å². The molecule has 0 aliphatic rings. The fourth-order valence-corrected chi connectivity index (χ4v) is 2.81. The third-order valence-electron chi connectivity index (χ3n) is 1.35. The fourth-order valence-electron chi connectivity index (χ4n) is 0.938. The van der Waals surface area contributed by atoms with Crippen LogP contribution in [0.15, 0.2) is 0 Å². The molecule has 0 aliphatic carbocycles. The molecule has 98 valence electrons. The van der Waals surface area contributed by atoms with E-state index in [-0.39, 0.29) is 37.1 Å². The van der Waals surface area contributed by atoms with Crippen molar-refractivity contribution >= 4 is 15.1 Å². The van der Waals surface area contributed by atoms with Crippen LogP contribution >= 0.6 is 0 Å². The Kier molecular flexibility index (Phi) is 8.34. The average molecular weight is 255 g/mol. The van der Waals surface area contributed by atoms with Crippen LogP contribution in [-0.4, -0.2) is 32.0 Å². The summed E-state index contributed by atoms with van der Waals surface area (Å²) in [6.07, 6.45) is 0. The molecule has 0 aromatic carbocycles. The molecule has 0 aromatic rings. The van der Waals surface area contributed by atoms with Crippen LogP contribution in [0.25, 0.3) is 0 Å². The molecule has 0 radical (unpaired) electrons. The van der Waals surface area contributed by atoms with Crippen molar-refractivity contribution in [2.75, 3.05) is 0 Å². The summed E-state index contributed by atoms with van der Waals surface area (Å²) in [5.41, 5.74) is -0.686. The first-order chi connectivity index (χ1) is 6.79. The summed E-state index contributed by atoms with van der Waals surface area (Å²) in [5.74, 6) is 0. The van der Waals surface area contributed by atoms with E-state index < -0.39 is 15.1 Å². The molecule has 0 aliphatic heterocycles. The van der Waals surface area contributed by atoms with Gasteiger partial charge in [0.15, 0.2) is 0 Å². The van der Waals surface area contributed by atoms with Gasteiger partial charge in [-0.05, 0) is 62.3 Å². The number of hydrogen-bond donors (Lipinski definition) is 0. The topological polar surface area (TPSA) is 27.7 Å². The first kappa shape index (κ1) is 20.3. The summed E-state index contributed by atoms with van der Waals surface area (Å²) in [6, 6.07) is 0. The minimum absolute atomic E-state index is 0. The van der Waals surface area contributed by atoms with Crippen molar-refractivity contribution in [1.82, 2.24) is 0 Å². The predicted octanol–water partition coefficient (Wildman–Crippen LogP) is 0.533. The Morgan fingerprint density at radius 1 is 0.588 bits per heavy atom. The minimum atomic E-state index is -2.11. The SMILES string of the molecule is CC(C)(C)[O][Al]([O]C(C)(C)C)[O]C(C)(C)C.[2H-].[Li+]. The van der Waals surface area contributed by atoms with Crippen molar-refractivity contribution in [3.05, 3.63) is 0 Å². The van der Waals surface area contributed by atoms with Gasteiger partial charge in [-0.2, -0.15) is 0 Å². The molecule has 0 aromatic heterocycles. The van der Waals surface area contributed by atoms with Crippen LogP contribution in [-0.2, 0) is 11.4 Å². The van der Waals surface area contributed by atoms with Gasteiger partial charge in [0.2, 0.25) is 0 Å². The van der Waals surface area contributed by atoms with Crippen molar-refractivity contribution in [3.8, 4) is 0 Å². The number of hydrogen-bond acceptors (Lipinski definition) is 3. The second-order valence-electron chi connectivity index (χ2n) is 6.98. The van der Waals surface area contributed by atoms with E-state index in [1.807, 2.05) is 62.3 Å². The van der Waals surface area contributed by atoms with Crippen LogP contribution in [0.3, 0.4) is 0 Å². The van der Waals surface area contributed by atoms with Crippen LogP contribution in [0.5, 0.6) is 0 Å². The fraction of sp³-hybridized carbons (Fsp3) is 1.00. The van der Waals surface area contributed by atoms with Crippen LogP contribution in [0.4, 0.5) is 0 Å². The van der Waals surface area contributed by atoms with E-state index in [1.54, 1.807) is 0 Å². The third kappa shape index (κ3) is 15.0. The second-order valence-corrected chi connectivity index (χ2v) is 8.26. The summed E-state index contributed by atoms with van der Waals surface area (Å²) in [6.45, 7) is 18.2. The molecular weight excluding hydrogens is 226 g/mol. The Labute approximate surface area is 126 Å². The molecule has 17 heavy (non-hydrogen) atoms. The zero-order chi connectivity index (χ0) is 13.2. The van der Waals surface area contributed by atoms with Gasteiger partial charge in [0.05, 0.1) is 0 Å². The molecular formula is C12H28AlLiO3. The smallest absolute Gasteiger partial charge is 1.00 e. The summed E-state index contributed by atoms with van der Waals surface area (Å²) in [4.78, 5) is 0. The van der Waals surface area contributed by atoms with Gasteiger partial charge < -0.3 is 12.8 Å². The molecule has 0 saturated carbocycles. The Morgan fingerprint density at radius 3 is 0.882 bits per heavy atom. The van der Waals surface area contributed by atoms with E-state index >= 15 is 0 Å². The zero-order valence-electron chi connectivity index (χ0n) is 14.3. The standard InChI is InChI=1S/3C4H9O.Al.Li.H/c3*1-4(2,3)5;;;/h3*1-3H3;;;/q3*-1;+3;+1;-1/i;;;;;1+1. The van der Waals surface area contributed by atoms with E-state index in [0.29, 0.717) is 0 Å². The molecule has 0 bridgehead atoms. The van der Waals surface area contributed by atoms with Gasteiger partial charge in [-0.1, -0.05) is 0 Å². The van der Waals surface area contributed by atoms with Crippen molar-refractivity contribution in [2.45, 2.75) is 79.1 Å². The van der Waals surface area contributed by atoms with Crippen molar-refractivity contribution in [1.29, 1.82) is 0 Å². The minimum Gasteiger partial charge on any atom is -1.00 e. The maximum Gasteiger partial charge on any atom is 1.00 e. The molecule has 0 atom stereocenters. The number of rotatable bonds is 3. The summed E-state index contributed by atoms with van der Waals surface area (Å²) < 4.78 is 17.7. The van der Waals surface area contributed by atoms with Gasteiger partial charge in [0.1, 0.15) is 0 Å². The molecule has 0 heterocycles.